The van der Waals surface area contributed by atoms with E-state index in [1.807, 2.05) is 12.1 Å². The maximum Gasteiger partial charge on any atom is 0.224 e. The second-order valence-electron chi connectivity index (χ2n) is 8.22. The fourth-order valence-electron chi connectivity index (χ4n) is 4.41. The van der Waals surface area contributed by atoms with Crippen molar-refractivity contribution in [2.24, 2.45) is 5.92 Å². The highest BCUT2D eigenvalue weighted by Crippen LogP contribution is 2.26. The van der Waals surface area contributed by atoms with E-state index in [1.54, 1.807) is 12.1 Å². The molecule has 1 N–H and O–H groups in total. The summed E-state index contributed by atoms with van der Waals surface area (Å²) in [5, 5.41) is 3.18. The molecule has 2 saturated heterocycles. The Morgan fingerprint density at radius 3 is 2.58 bits per heavy atom. The van der Waals surface area contributed by atoms with Crippen molar-refractivity contribution < 1.29 is 9.18 Å². The van der Waals surface area contributed by atoms with E-state index in [0.29, 0.717) is 18.6 Å². The van der Waals surface area contributed by atoms with E-state index in [2.05, 4.69) is 15.1 Å². The lowest BCUT2D eigenvalue weighted by Crippen LogP contribution is -2.50. The number of rotatable bonds is 5. The van der Waals surface area contributed by atoms with Gasteiger partial charge in [-0.3, -0.25) is 14.6 Å². The smallest absolute Gasteiger partial charge is 0.224 e. The minimum absolute atomic E-state index is 0.102. The first-order valence-electron chi connectivity index (χ1n) is 10.2. The van der Waals surface area contributed by atoms with Crippen LogP contribution in [0.3, 0.4) is 0 Å². The fraction of sp³-hybridized carbons (Fsp3) is 0.667. The van der Waals surface area contributed by atoms with Gasteiger partial charge in [0.05, 0.1) is 5.92 Å². The molecule has 0 bridgehead atoms. The van der Waals surface area contributed by atoms with Crippen LogP contribution in [0.4, 0.5) is 4.39 Å². The Bertz CT molecular complexity index is 625. The van der Waals surface area contributed by atoms with E-state index < -0.39 is 0 Å². The number of benzene rings is 1. The number of nitrogens with one attached hydrogen (secondary N) is 1. The van der Waals surface area contributed by atoms with Crippen LogP contribution < -0.4 is 5.32 Å². The molecule has 142 valence electrons. The predicted molar refractivity (Wildman–Crippen MR) is 100 cm³/mol. The van der Waals surface area contributed by atoms with E-state index >= 15 is 0 Å². The van der Waals surface area contributed by atoms with E-state index in [4.69, 9.17) is 0 Å². The Labute approximate surface area is 155 Å². The average Bonchev–Trinajstić information content (AvgIpc) is 3.48. The van der Waals surface area contributed by atoms with Gasteiger partial charge in [-0.15, -0.1) is 0 Å². The Kier molecular flexibility index (Phi) is 5.55. The lowest BCUT2D eigenvalue weighted by Gasteiger charge is -2.42. The standard InChI is InChI=1S/C21H30FN3O/c22-20-6-2-1-4-16(20)14-24-12-9-19(10-13-24)25-11-3-5-17(15-25)21(26)23-18-7-8-18/h1-2,4,6,17-19H,3,5,7-15H2,(H,23,26)/t17-/m0/s1. The largest absolute Gasteiger partial charge is 0.353 e. The van der Waals surface area contributed by atoms with Crippen LogP contribution in [0.1, 0.15) is 44.1 Å². The summed E-state index contributed by atoms with van der Waals surface area (Å²) in [6, 6.07) is 8.11. The monoisotopic (exact) mass is 359 g/mol. The van der Waals surface area contributed by atoms with Crippen LogP contribution in [0.5, 0.6) is 0 Å². The molecule has 4 rings (SSSR count). The lowest BCUT2D eigenvalue weighted by atomic mass is 9.93. The maximum atomic E-state index is 13.9. The van der Waals surface area contributed by atoms with Gasteiger partial charge in [-0.25, -0.2) is 4.39 Å². The lowest BCUT2D eigenvalue weighted by molar-refractivity contribution is -0.127. The molecule has 1 aromatic carbocycles. The van der Waals surface area contributed by atoms with Gasteiger partial charge in [0.1, 0.15) is 5.82 Å². The molecule has 1 atom stereocenters. The van der Waals surface area contributed by atoms with Crippen molar-refractivity contribution in [2.45, 2.75) is 57.2 Å². The van der Waals surface area contributed by atoms with Crippen molar-refractivity contribution in [3.8, 4) is 0 Å². The van der Waals surface area contributed by atoms with Crippen LogP contribution in [-0.2, 0) is 11.3 Å². The summed E-state index contributed by atoms with van der Waals surface area (Å²) < 4.78 is 13.9. The minimum Gasteiger partial charge on any atom is -0.353 e. The molecule has 2 heterocycles. The van der Waals surface area contributed by atoms with E-state index in [1.165, 1.54) is 0 Å². The fourth-order valence-corrected chi connectivity index (χ4v) is 4.41. The first-order valence-corrected chi connectivity index (χ1v) is 10.2. The average molecular weight is 359 g/mol. The molecule has 5 heteroatoms. The molecule has 1 aromatic rings. The van der Waals surface area contributed by atoms with Crippen LogP contribution in [0.2, 0.25) is 0 Å². The molecule has 4 nitrogen and oxygen atoms in total. The van der Waals surface area contributed by atoms with Crippen molar-refractivity contribution in [1.82, 2.24) is 15.1 Å². The molecule has 2 aliphatic heterocycles. The van der Waals surface area contributed by atoms with Gasteiger partial charge in [-0.05, 0) is 64.2 Å². The third-order valence-corrected chi connectivity index (χ3v) is 6.17. The van der Waals surface area contributed by atoms with Crippen molar-refractivity contribution in [3.05, 3.63) is 35.6 Å². The summed E-state index contributed by atoms with van der Waals surface area (Å²) >= 11 is 0. The highest BCUT2D eigenvalue weighted by Gasteiger charge is 2.33. The van der Waals surface area contributed by atoms with Gasteiger partial charge in [0, 0.05) is 30.7 Å². The number of likely N-dealkylation sites (tertiary alicyclic amines) is 2. The van der Waals surface area contributed by atoms with E-state index in [-0.39, 0.29) is 17.6 Å². The Morgan fingerprint density at radius 2 is 1.85 bits per heavy atom. The number of hydrogen-bond acceptors (Lipinski definition) is 3. The second kappa shape index (κ2) is 8.05. The molecule has 1 aliphatic carbocycles. The Morgan fingerprint density at radius 1 is 1.08 bits per heavy atom. The highest BCUT2D eigenvalue weighted by atomic mass is 19.1. The van der Waals surface area contributed by atoms with Gasteiger partial charge < -0.3 is 5.32 Å². The normalized spacial score (nSPS) is 26.0. The van der Waals surface area contributed by atoms with Crippen LogP contribution >= 0.6 is 0 Å². The van der Waals surface area contributed by atoms with Gasteiger partial charge in [0.15, 0.2) is 0 Å². The number of carbonyl (C=O) groups excluding carboxylic acids is 1. The molecule has 3 fully saturated rings. The Hall–Kier alpha value is -1.46. The summed E-state index contributed by atoms with van der Waals surface area (Å²) in [6.45, 7) is 4.75. The molecule has 0 unspecified atom stereocenters. The third kappa shape index (κ3) is 4.44. The van der Waals surface area contributed by atoms with Gasteiger partial charge in [0.25, 0.3) is 0 Å². The third-order valence-electron chi connectivity index (χ3n) is 6.17. The molecule has 0 spiro atoms. The van der Waals surface area contributed by atoms with E-state index in [9.17, 15) is 9.18 Å². The van der Waals surface area contributed by atoms with Crippen LogP contribution in [0.15, 0.2) is 24.3 Å². The van der Waals surface area contributed by atoms with Crippen LogP contribution in [0.25, 0.3) is 0 Å². The highest BCUT2D eigenvalue weighted by molar-refractivity contribution is 5.79. The summed E-state index contributed by atoms with van der Waals surface area (Å²) in [4.78, 5) is 17.3. The second-order valence-corrected chi connectivity index (χ2v) is 8.22. The number of nitrogens with zero attached hydrogens (tertiary/aromatic N) is 2. The van der Waals surface area contributed by atoms with Crippen molar-refractivity contribution >= 4 is 5.91 Å². The van der Waals surface area contributed by atoms with Gasteiger partial charge in [0.2, 0.25) is 5.91 Å². The Balaban J connectivity index is 1.26. The molecular weight excluding hydrogens is 329 g/mol. The van der Waals surface area contributed by atoms with Gasteiger partial charge in [-0.1, -0.05) is 18.2 Å². The molecular formula is C21H30FN3O. The van der Waals surface area contributed by atoms with Crippen molar-refractivity contribution in [3.63, 3.8) is 0 Å². The maximum absolute atomic E-state index is 13.9. The molecule has 26 heavy (non-hydrogen) atoms. The minimum atomic E-state index is -0.102. The first-order chi connectivity index (χ1) is 12.7. The summed E-state index contributed by atoms with van der Waals surface area (Å²) in [5.41, 5.74) is 0.792. The number of hydrogen-bond donors (Lipinski definition) is 1. The molecule has 0 radical (unpaired) electrons. The summed E-state index contributed by atoms with van der Waals surface area (Å²) in [5.74, 6) is 0.338. The van der Waals surface area contributed by atoms with Gasteiger partial charge >= 0.3 is 0 Å². The number of amides is 1. The first kappa shape index (κ1) is 17.9. The number of halogens is 1. The van der Waals surface area contributed by atoms with Crippen molar-refractivity contribution in [2.75, 3.05) is 26.2 Å². The van der Waals surface area contributed by atoms with Crippen LogP contribution in [0, 0.1) is 11.7 Å². The zero-order chi connectivity index (χ0) is 17.9. The zero-order valence-electron chi connectivity index (χ0n) is 15.5. The SMILES string of the molecule is O=C(NC1CC1)[C@H]1CCCN(C2CCN(Cc3ccccc3F)CC2)C1. The zero-order valence-corrected chi connectivity index (χ0v) is 15.5. The van der Waals surface area contributed by atoms with E-state index in [0.717, 1.165) is 70.3 Å². The topological polar surface area (TPSA) is 35.6 Å². The predicted octanol–water partition coefficient (Wildman–Crippen LogP) is 2.78. The molecule has 0 aromatic heterocycles. The van der Waals surface area contributed by atoms with Crippen molar-refractivity contribution in [1.29, 1.82) is 0 Å². The summed E-state index contributed by atoms with van der Waals surface area (Å²) in [6.07, 6.45) is 6.70. The molecule has 1 amide bonds. The molecule has 1 saturated carbocycles. The van der Waals surface area contributed by atoms with Gasteiger partial charge in [-0.2, -0.15) is 0 Å². The summed E-state index contributed by atoms with van der Waals surface area (Å²) in [7, 11) is 0. The van der Waals surface area contributed by atoms with Crippen LogP contribution in [-0.4, -0.2) is 54.0 Å². The number of piperidine rings is 2. The quantitative estimate of drug-likeness (QED) is 0.878. The molecule has 3 aliphatic rings. The number of carbonyl (C=O) groups is 1.